The van der Waals surface area contributed by atoms with Gasteiger partial charge >= 0.3 is 11.9 Å². The van der Waals surface area contributed by atoms with Crippen LogP contribution in [0.1, 0.15) is 116 Å². The topological polar surface area (TPSA) is 83.8 Å². The molecule has 0 radical (unpaired) electrons. The highest BCUT2D eigenvalue weighted by molar-refractivity contribution is 5.72. The Morgan fingerprint density at radius 2 is 1.26 bits per heavy atom. The Kier molecular flexibility index (Phi) is 17.2. The van der Waals surface area contributed by atoms with E-state index in [1.165, 1.54) is 32.1 Å². The lowest BCUT2D eigenvalue weighted by Gasteiger charge is -2.29. The predicted molar refractivity (Wildman–Crippen MR) is 142 cm³/mol. The van der Waals surface area contributed by atoms with Crippen molar-refractivity contribution in [2.24, 2.45) is 17.8 Å². The number of hydrogen-bond acceptors (Lipinski definition) is 3. The summed E-state index contributed by atoms with van der Waals surface area (Å²) in [7, 11) is 0. The van der Waals surface area contributed by atoms with Crippen LogP contribution in [0.25, 0.3) is 0 Å². The lowest BCUT2D eigenvalue weighted by Crippen LogP contribution is -2.34. The van der Waals surface area contributed by atoms with Crippen LogP contribution in [0.15, 0.2) is 30.3 Å². The molecule has 0 aromatic heterocycles. The first kappa shape index (κ1) is 31.2. The molecule has 1 aromatic carbocycles. The molecule has 5 heteroatoms. The summed E-state index contributed by atoms with van der Waals surface area (Å²) in [6, 6.07) is 9.82. The maximum Gasteiger partial charge on any atom is 0.309 e. The summed E-state index contributed by atoms with van der Waals surface area (Å²) < 4.78 is 6.21. The van der Waals surface area contributed by atoms with Gasteiger partial charge in [0.1, 0.15) is 0 Å². The number of rotatable bonds is 22. The molecule has 0 amide bonds. The summed E-state index contributed by atoms with van der Waals surface area (Å²) in [5.74, 6) is -3.12. The fraction of sp³-hybridized carbons (Fsp3) is 0.733. The fourth-order valence-electron chi connectivity index (χ4n) is 4.90. The third kappa shape index (κ3) is 13.7. The van der Waals surface area contributed by atoms with Crippen LogP contribution in [0.3, 0.4) is 0 Å². The number of unbranched alkanes of at least 4 members (excludes halogenated alkanes) is 9. The van der Waals surface area contributed by atoms with E-state index >= 15 is 0 Å². The maximum atomic E-state index is 12.3. The minimum atomic E-state index is -0.882. The van der Waals surface area contributed by atoms with Gasteiger partial charge in [0.2, 0.25) is 0 Å². The molecular weight excluding hydrogens is 440 g/mol. The van der Waals surface area contributed by atoms with E-state index in [0.29, 0.717) is 25.9 Å². The largest absolute Gasteiger partial charge is 0.481 e. The van der Waals surface area contributed by atoms with Gasteiger partial charge in [-0.05, 0) is 30.7 Å². The predicted octanol–water partition coefficient (Wildman–Crippen LogP) is 8.11. The number of hydrogen-bond donors (Lipinski definition) is 2. The van der Waals surface area contributed by atoms with Gasteiger partial charge in [-0.15, -0.1) is 0 Å². The number of aliphatic carboxylic acids is 2. The average Bonchev–Trinajstić information content (AvgIpc) is 2.84. The molecule has 2 N–H and O–H groups in total. The molecule has 1 rings (SSSR count). The van der Waals surface area contributed by atoms with E-state index in [1.54, 1.807) is 0 Å². The fourth-order valence-corrected chi connectivity index (χ4v) is 4.90. The lowest BCUT2D eigenvalue weighted by molar-refractivity contribution is -0.152. The Labute approximate surface area is 213 Å². The average molecular weight is 491 g/mol. The Morgan fingerprint density at radius 3 is 1.80 bits per heavy atom. The summed E-state index contributed by atoms with van der Waals surface area (Å²) >= 11 is 0. The van der Waals surface area contributed by atoms with E-state index in [2.05, 4.69) is 13.8 Å². The van der Waals surface area contributed by atoms with Crippen LogP contribution >= 0.6 is 0 Å². The van der Waals surface area contributed by atoms with E-state index in [9.17, 15) is 19.8 Å². The second kappa shape index (κ2) is 19.3. The van der Waals surface area contributed by atoms with Crippen molar-refractivity contribution >= 4 is 11.9 Å². The molecule has 0 spiro atoms. The molecule has 3 unspecified atom stereocenters. The van der Waals surface area contributed by atoms with Crippen LogP contribution in [-0.2, 0) is 20.9 Å². The minimum Gasteiger partial charge on any atom is -0.481 e. The Hall–Kier alpha value is -1.88. The Morgan fingerprint density at radius 1 is 0.743 bits per heavy atom. The van der Waals surface area contributed by atoms with Gasteiger partial charge in [0.25, 0.3) is 0 Å². The highest BCUT2D eigenvalue weighted by Crippen LogP contribution is 2.30. The van der Waals surface area contributed by atoms with Crippen LogP contribution in [0, 0.1) is 17.8 Å². The van der Waals surface area contributed by atoms with Crippen LogP contribution in [0.5, 0.6) is 0 Å². The van der Waals surface area contributed by atoms with Gasteiger partial charge in [-0.25, -0.2) is 0 Å². The highest BCUT2D eigenvalue weighted by atomic mass is 16.5. The normalized spacial score (nSPS) is 14.8. The monoisotopic (exact) mass is 490 g/mol. The van der Waals surface area contributed by atoms with Crippen LogP contribution in [-0.4, -0.2) is 28.3 Å². The van der Waals surface area contributed by atoms with Gasteiger partial charge in [-0.2, -0.15) is 0 Å². The second-order valence-corrected chi connectivity index (χ2v) is 10.2. The molecular formula is C30H50O5. The summed E-state index contributed by atoms with van der Waals surface area (Å²) in [4.78, 5) is 24.4. The van der Waals surface area contributed by atoms with E-state index in [1.807, 2.05) is 37.3 Å². The lowest BCUT2D eigenvalue weighted by atomic mass is 9.80. The second-order valence-electron chi connectivity index (χ2n) is 10.2. The van der Waals surface area contributed by atoms with Crippen molar-refractivity contribution in [3.05, 3.63) is 35.9 Å². The van der Waals surface area contributed by atoms with Crippen molar-refractivity contribution in [2.75, 3.05) is 0 Å². The van der Waals surface area contributed by atoms with Gasteiger partial charge in [0.05, 0.1) is 24.5 Å². The molecule has 0 fully saturated rings. The van der Waals surface area contributed by atoms with Crippen LogP contribution < -0.4 is 0 Å². The Balaban J connectivity index is 2.79. The molecule has 0 heterocycles. The zero-order valence-corrected chi connectivity index (χ0v) is 22.4. The summed E-state index contributed by atoms with van der Waals surface area (Å²) in [6.07, 6.45) is 13.4. The van der Waals surface area contributed by atoms with Crippen molar-refractivity contribution in [2.45, 2.75) is 123 Å². The summed E-state index contributed by atoms with van der Waals surface area (Å²) in [6.45, 7) is 6.64. The van der Waals surface area contributed by atoms with Crippen molar-refractivity contribution in [1.82, 2.24) is 0 Å². The number of carbonyl (C=O) groups is 2. The SMILES string of the molecule is CCCCCCCC[C@H](C(=O)O)C(C)CC(C(=O)O)C(CCCCCCC)OCc1ccccc1. The molecule has 0 aliphatic heterocycles. The van der Waals surface area contributed by atoms with Crippen LogP contribution in [0.4, 0.5) is 0 Å². The number of benzene rings is 1. The van der Waals surface area contributed by atoms with Gasteiger partial charge in [0.15, 0.2) is 0 Å². The first-order valence-electron chi connectivity index (χ1n) is 14.0. The molecule has 5 nitrogen and oxygen atoms in total. The molecule has 35 heavy (non-hydrogen) atoms. The molecule has 0 saturated heterocycles. The smallest absolute Gasteiger partial charge is 0.309 e. The first-order valence-corrected chi connectivity index (χ1v) is 14.0. The molecule has 0 saturated carbocycles. The van der Waals surface area contributed by atoms with Gasteiger partial charge < -0.3 is 14.9 Å². The molecule has 1 aromatic rings. The number of carboxylic acid groups (broad SMARTS) is 2. The highest BCUT2D eigenvalue weighted by Gasteiger charge is 2.34. The van der Waals surface area contributed by atoms with Crippen molar-refractivity contribution in [3.63, 3.8) is 0 Å². The minimum absolute atomic E-state index is 0.216. The van der Waals surface area contributed by atoms with E-state index in [0.717, 1.165) is 44.1 Å². The zero-order valence-electron chi connectivity index (χ0n) is 22.4. The van der Waals surface area contributed by atoms with Crippen molar-refractivity contribution in [3.8, 4) is 0 Å². The van der Waals surface area contributed by atoms with E-state index in [-0.39, 0.29) is 5.92 Å². The molecule has 4 atom stereocenters. The zero-order chi connectivity index (χ0) is 25.9. The van der Waals surface area contributed by atoms with Crippen LogP contribution in [0.2, 0.25) is 0 Å². The number of carboxylic acids is 2. The maximum absolute atomic E-state index is 12.3. The standard InChI is InChI=1S/C30H50O5/c1-4-6-8-10-12-16-20-26(29(31)32)24(3)22-27(30(33)34)28(21-17-11-9-7-5-2)35-23-25-18-14-13-15-19-25/h13-15,18-19,24,26-28H,4-12,16-17,20-23H2,1-3H3,(H,31,32)(H,33,34)/t24?,26-,27?,28?/m0/s1. The van der Waals surface area contributed by atoms with Crippen molar-refractivity contribution in [1.29, 1.82) is 0 Å². The van der Waals surface area contributed by atoms with E-state index in [4.69, 9.17) is 4.74 Å². The summed E-state index contributed by atoms with van der Waals surface area (Å²) in [5, 5.41) is 20.0. The molecule has 200 valence electrons. The summed E-state index contributed by atoms with van der Waals surface area (Å²) in [5.41, 5.74) is 1.02. The van der Waals surface area contributed by atoms with Gasteiger partial charge in [-0.3, -0.25) is 9.59 Å². The molecule has 0 aliphatic rings. The molecule has 0 bridgehead atoms. The first-order chi connectivity index (χ1) is 16.9. The van der Waals surface area contributed by atoms with Gasteiger partial charge in [-0.1, -0.05) is 122 Å². The van der Waals surface area contributed by atoms with Gasteiger partial charge in [0, 0.05) is 0 Å². The van der Waals surface area contributed by atoms with E-state index < -0.39 is 29.9 Å². The quantitative estimate of drug-likeness (QED) is 0.160. The number of ether oxygens (including phenoxy) is 1. The van der Waals surface area contributed by atoms with Crippen molar-refractivity contribution < 1.29 is 24.5 Å². The third-order valence-corrected chi connectivity index (χ3v) is 7.16. The third-order valence-electron chi connectivity index (χ3n) is 7.16. The molecule has 0 aliphatic carbocycles. The Bertz CT molecular complexity index is 675.